The van der Waals surface area contributed by atoms with Crippen molar-refractivity contribution in [3.63, 3.8) is 0 Å². The number of rotatable bonds is 4. The number of fused-ring (bicyclic) bond motifs is 1. The molecule has 27 heavy (non-hydrogen) atoms. The van der Waals surface area contributed by atoms with Crippen molar-refractivity contribution in [1.82, 2.24) is 15.2 Å². The van der Waals surface area contributed by atoms with E-state index in [-0.39, 0.29) is 6.03 Å². The van der Waals surface area contributed by atoms with E-state index in [9.17, 15) is 4.79 Å². The average molecular weight is 411 g/mol. The highest BCUT2D eigenvalue weighted by Crippen LogP contribution is 2.23. The molecule has 146 valence electrons. The highest BCUT2D eigenvalue weighted by molar-refractivity contribution is 6.42. The Labute approximate surface area is 169 Å². The van der Waals surface area contributed by atoms with Crippen LogP contribution in [0.5, 0.6) is 0 Å². The third-order valence-electron chi connectivity index (χ3n) is 4.17. The van der Waals surface area contributed by atoms with Crippen LogP contribution >= 0.6 is 23.2 Å². The third-order valence-corrected chi connectivity index (χ3v) is 4.91. The van der Waals surface area contributed by atoms with Gasteiger partial charge in [0.15, 0.2) is 0 Å². The van der Waals surface area contributed by atoms with Gasteiger partial charge < -0.3 is 20.6 Å². The maximum Gasteiger partial charge on any atom is 0.317 e. The summed E-state index contributed by atoms with van der Waals surface area (Å²) >= 11 is 11.9. The molecule has 6 nitrogen and oxygen atoms in total. The molecule has 3 N–H and O–H groups in total. The number of aliphatic hydroxyl groups is 1. The smallest absolute Gasteiger partial charge is 0.317 e. The van der Waals surface area contributed by atoms with E-state index in [1.54, 1.807) is 12.1 Å². The molecular weight excluding hydrogens is 387 g/mol. The van der Waals surface area contributed by atoms with Crippen molar-refractivity contribution in [2.24, 2.45) is 0 Å². The van der Waals surface area contributed by atoms with E-state index in [0.29, 0.717) is 29.7 Å². The first-order valence-electron chi connectivity index (χ1n) is 8.70. The Kier molecular flexibility index (Phi) is 8.16. The summed E-state index contributed by atoms with van der Waals surface area (Å²) in [6, 6.07) is 7.30. The summed E-state index contributed by atoms with van der Waals surface area (Å²) in [7, 11) is 1.00. The molecule has 2 amide bonds. The summed E-state index contributed by atoms with van der Waals surface area (Å²) < 4.78 is 0. The number of amides is 2. The molecule has 0 bridgehead atoms. The minimum absolute atomic E-state index is 0.0847. The summed E-state index contributed by atoms with van der Waals surface area (Å²) in [6.07, 6.45) is 2.72. The van der Waals surface area contributed by atoms with E-state index in [4.69, 9.17) is 28.3 Å². The summed E-state index contributed by atoms with van der Waals surface area (Å²) in [4.78, 5) is 18.7. The Morgan fingerprint density at radius 1 is 1.22 bits per heavy atom. The van der Waals surface area contributed by atoms with E-state index in [0.717, 1.165) is 37.0 Å². The summed E-state index contributed by atoms with van der Waals surface area (Å²) in [5, 5.41) is 14.1. The Balaban J connectivity index is 0.00000126. The van der Waals surface area contributed by atoms with Gasteiger partial charge in [0, 0.05) is 39.5 Å². The van der Waals surface area contributed by atoms with Crippen LogP contribution in [0, 0.1) is 0 Å². The summed E-state index contributed by atoms with van der Waals surface area (Å²) in [6.45, 7) is 4.54. The van der Waals surface area contributed by atoms with Crippen molar-refractivity contribution in [1.29, 1.82) is 0 Å². The number of halogens is 2. The third kappa shape index (κ3) is 5.73. The maximum absolute atomic E-state index is 12.5. The van der Waals surface area contributed by atoms with Crippen molar-refractivity contribution in [3.05, 3.63) is 57.2 Å². The average Bonchev–Trinajstić information content (AvgIpc) is 2.70. The number of benzene rings is 1. The van der Waals surface area contributed by atoms with Crippen molar-refractivity contribution < 1.29 is 9.90 Å². The first kappa shape index (κ1) is 21.3. The topological polar surface area (TPSA) is 77.5 Å². The molecule has 1 aliphatic heterocycles. The zero-order chi connectivity index (χ0) is 19.8. The zero-order valence-corrected chi connectivity index (χ0v) is 16.9. The molecule has 0 saturated heterocycles. The van der Waals surface area contributed by atoms with Gasteiger partial charge in [-0.2, -0.15) is 0 Å². The molecule has 0 spiro atoms. The van der Waals surface area contributed by atoms with Gasteiger partial charge in [-0.15, -0.1) is 0 Å². The minimum atomic E-state index is -0.0847. The molecule has 0 radical (unpaired) electrons. The van der Waals surface area contributed by atoms with Gasteiger partial charge in [0.25, 0.3) is 0 Å². The van der Waals surface area contributed by atoms with Gasteiger partial charge in [-0.3, -0.25) is 0 Å². The second-order valence-electron chi connectivity index (χ2n) is 5.95. The standard InChI is InChI=1S/C18H20Cl2N4O.CH4O/c1-2-21-17-8-14-11-24(6-5-13(14)10-22-17)18(25)23-9-12-3-4-15(19)16(20)7-12;1-2/h3-4,7-8,10H,2,5-6,9,11H2,1H3,(H,21,22)(H,23,25);2H,1H3. The molecule has 8 heteroatoms. The van der Waals surface area contributed by atoms with E-state index >= 15 is 0 Å². The van der Waals surface area contributed by atoms with Crippen molar-refractivity contribution in [2.75, 3.05) is 25.5 Å². The fourth-order valence-electron chi connectivity index (χ4n) is 2.83. The predicted molar refractivity (Wildman–Crippen MR) is 109 cm³/mol. The number of carbonyl (C=O) groups is 1. The van der Waals surface area contributed by atoms with E-state index in [1.807, 2.05) is 30.2 Å². The van der Waals surface area contributed by atoms with Gasteiger partial charge in [0.1, 0.15) is 5.82 Å². The molecule has 0 saturated carbocycles. The quantitative estimate of drug-likeness (QED) is 0.717. The lowest BCUT2D eigenvalue weighted by Gasteiger charge is -2.29. The number of pyridine rings is 1. The molecule has 1 aromatic heterocycles. The highest BCUT2D eigenvalue weighted by Gasteiger charge is 2.21. The number of hydrogen-bond donors (Lipinski definition) is 3. The van der Waals surface area contributed by atoms with Gasteiger partial charge in [0.05, 0.1) is 10.0 Å². The van der Waals surface area contributed by atoms with Crippen molar-refractivity contribution in [2.45, 2.75) is 26.4 Å². The number of nitrogens with zero attached hydrogens (tertiary/aromatic N) is 2. The van der Waals surface area contributed by atoms with Crippen LogP contribution in [-0.2, 0) is 19.5 Å². The number of carbonyl (C=O) groups excluding carboxylic acids is 1. The van der Waals surface area contributed by atoms with Crippen LogP contribution in [0.1, 0.15) is 23.6 Å². The Morgan fingerprint density at radius 3 is 2.70 bits per heavy atom. The molecule has 0 atom stereocenters. The summed E-state index contributed by atoms with van der Waals surface area (Å²) in [5.74, 6) is 0.847. The molecule has 2 aromatic rings. The first-order chi connectivity index (χ1) is 13.1. The van der Waals surface area contributed by atoms with Gasteiger partial charge in [-0.25, -0.2) is 9.78 Å². The zero-order valence-electron chi connectivity index (χ0n) is 15.4. The molecule has 0 aliphatic carbocycles. The van der Waals surface area contributed by atoms with Crippen LogP contribution in [0.2, 0.25) is 10.0 Å². The maximum atomic E-state index is 12.5. The van der Waals surface area contributed by atoms with Gasteiger partial charge in [0.2, 0.25) is 0 Å². The van der Waals surface area contributed by atoms with E-state index in [1.165, 1.54) is 5.56 Å². The fraction of sp³-hybridized carbons (Fsp3) is 0.368. The van der Waals surface area contributed by atoms with Crippen molar-refractivity contribution in [3.8, 4) is 0 Å². The molecule has 0 unspecified atom stereocenters. The Morgan fingerprint density at radius 2 is 2.00 bits per heavy atom. The monoisotopic (exact) mass is 410 g/mol. The first-order valence-corrected chi connectivity index (χ1v) is 9.45. The number of urea groups is 1. The van der Waals surface area contributed by atoms with Gasteiger partial charge in [-0.1, -0.05) is 29.3 Å². The SMILES string of the molecule is CCNc1cc2c(cn1)CCN(C(=O)NCc1ccc(Cl)c(Cl)c1)C2.CO. The molecule has 3 rings (SSSR count). The van der Waals surface area contributed by atoms with Crippen LogP contribution in [0.4, 0.5) is 10.6 Å². The van der Waals surface area contributed by atoms with Gasteiger partial charge in [-0.05, 0) is 48.2 Å². The number of hydrogen-bond acceptors (Lipinski definition) is 4. The molecular formula is C19H24Cl2N4O2. The van der Waals surface area contributed by atoms with E-state index in [2.05, 4.69) is 15.6 Å². The van der Waals surface area contributed by atoms with Gasteiger partial charge >= 0.3 is 6.03 Å². The lowest BCUT2D eigenvalue weighted by molar-refractivity contribution is 0.192. The van der Waals surface area contributed by atoms with Crippen LogP contribution < -0.4 is 10.6 Å². The second-order valence-corrected chi connectivity index (χ2v) is 6.76. The minimum Gasteiger partial charge on any atom is -0.400 e. The van der Waals surface area contributed by atoms with Crippen LogP contribution in [-0.4, -0.2) is 41.2 Å². The van der Waals surface area contributed by atoms with Crippen LogP contribution in [0.3, 0.4) is 0 Å². The predicted octanol–water partition coefficient (Wildman–Crippen LogP) is 3.70. The number of nitrogens with one attached hydrogen (secondary N) is 2. The number of anilines is 1. The lowest BCUT2D eigenvalue weighted by atomic mass is 10.0. The number of aromatic nitrogens is 1. The molecule has 1 aromatic carbocycles. The second kappa shape index (κ2) is 10.3. The Bertz CT molecular complexity index is 786. The normalized spacial score (nSPS) is 12.6. The van der Waals surface area contributed by atoms with Crippen LogP contribution in [0.25, 0.3) is 0 Å². The fourth-order valence-corrected chi connectivity index (χ4v) is 3.15. The Hall–Kier alpha value is -2.02. The highest BCUT2D eigenvalue weighted by atomic mass is 35.5. The molecule has 2 heterocycles. The van der Waals surface area contributed by atoms with Crippen molar-refractivity contribution >= 4 is 35.1 Å². The summed E-state index contributed by atoms with van der Waals surface area (Å²) in [5.41, 5.74) is 3.26. The number of aliphatic hydroxyl groups excluding tert-OH is 1. The molecule has 0 fully saturated rings. The lowest BCUT2D eigenvalue weighted by Crippen LogP contribution is -2.42. The molecule has 1 aliphatic rings. The van der Waals surface area contributed by atoms with E-state index < -0.39 is 0 Å². The van der Waals surface area contributed by atoms with Crippen LogP contribution in [0.15, 0.2) is 30.5 Å². The largest absolute Gasteiger partial charge is 0.400 e.